The molecule has 0 aliphatic heterocycles. The number of fused-ring (bicyclic) bond motifs is 1. The second-order valence-corrected chi connectivity index (χ2v) is 4.29. The first-order valence-electron chi connectivity index (χ1n) is 5.31. The van der Waals surface area contributed by atoms with Crippen LogP contribution in [-0.2, 0) is 0 Å². The number of aromatic nitrogens is 2. The first-order chi connectivity index (χ1) is 7.67. The quantitative estimate of drug-likeness (QED) is 0.803. The number of rotatable bonds is 2. The fourth-order valence-corrected chi connectivity index (χ4v) is 2.20. The summed E-state index contributed by atoms with van der Waals surface area (Å²) in [6, 6.07) is 8.08. The van der Waals surface area contributed by atoms with Crippen LogP contribution in [0.1, 0.15) is 31.9 Å². The zero-order chi connectivity index (χ0) is 11.7. The minimum Gasteiger partial charge on any atom is -0.331 e. The second kappa shape index (κ2) is 4.11. The Labute approximate surface area is 99.3 Å². The fraction of sp³-hybridized carbons (Fsp3) is 0.333. The molecule has 1 heterocycles. The van der Waals surface area contributed by atoms with Crippen molar-refractivity contribution < 1.29 is 0 Å². The van der Waals surface area contributed by atoms with Crippen LogP contribution < -0.4 is 0 Å². The molecule has 1 unspecified atom stereocenters. The molecule has 1 N–H and O–H groups in total. The van der Waals surface area contributed by atoms with E-state index in [1.807, 2.05) is 12.1 Å². The van der Waals surface area contributed by atoms with Gasteiger partial charge in [-0.3, -0.25) is 0 Å². The number of hydrogen-bond acceptors (Lipinski definition) is 2. The van der Waals surface area contributed by atoms with Gasteiger partial charge in [-0.25, -0.2) is 0 Å². The maximum Gasteiger partial charge on any atom is 0.178 e. The first kappa shape index (κ1) is 10.9. The van der Waals surface area contributed by atoms with Crippen LogP contribution in [0.25, 0.3) is 11.0 Å². The summed E-state index contributed by atoms with van der Waals surface area (Å²) < 4.78 is 2.80. The molecule has 0 fully saturated rings. The van der Waals surface area contributed by atoms with Crippen molar-refractivity contribution >= 4 is 23.3 Å². The van der Waals surface area contributed by atoms with Crippen LogP contribution >= 0.6 is 12.2 Å². The standard InChI is InChI=1S/C12H13N3S/c1-3-8(2)15-11-6-9(7-13)4-5-10(11)14-12(15)16/h4-6,8H,3H2,1-2H3,(H,14,16). The first-order valence-corrected chi connectivity index (χ1v) is 5.72. The third kappa shape index (κ3) is 1.63. The SMILES string of the molecule is CCC(C)n1c(=S)[nH]c2ccc(C#N)cc21. The molecule has 2 aromatic rings. The second-order valence-electron chi connectivity index (χ2n) is 3.90. The maximum absolute atomic E-state index is 8.90. The molecule has 0 radical (unpaired) electrons. The Morgan fingerprint density at radius 2 is 2.31 bits per heavy atom. The average molecular weight is 231 g/mol. The van der Waals surface area contributed by atoms with E-state index in [9.17, 15) is 0 Å². The molecular weight excluding hydrogens is 218 g/mol. The van der Waals surface area contributed by atoms with Gasteiger partial charge in [0.15, 0.2) is 4.77 Å². The molecule has 1 aromatic heterocycles. The van der Waals surface area contributed by atoms with Gasteiger partial charge in [0.05, 0.1) is 22.7 Å². The molecule has 0 saturated heterocycles. The highest BCUT2D eigenvalue weighted by Gasteiger charge is 2.09. The lowest BCUT2D eigenvalue weighted by Crippen LogP contribution is -2.03. The third-order valence-corrected chi connectivity index (χ3v) is 3.18. The Morgan fingerprint density at radius 1 is 1.56 bits per heavy atom. The van der Waals surface area contributed by atoms with Gasteiger partial charge in [0, 0.05) is 6.04 Å². The van der Waals surface area contributed by atoms with Crippen molar-refractivity contribution in [1.29, 1.82) is 5.26 Å². The number of imidazole rings is 1. The van der Waals surface area contributed by atoms with Crippen molar-refractivity contribution in [2.24, 2.45) is 0 Å². The predicted octanol–water partition coefficient (Wildman–Crippen LogP) is 3.54. The number of nitriles is 1. The number of nitrogens with one attached hydrogen (secondary N) is 1. The van der Waals surface area contributed by atoms with Crippen molar-refractivity contribution in [1.82, 2.24) is 9.55 Å². The smallest absolute Gasteiger partial charge is 0.178 e. The Morgan fingerprint density at radius 3 is 2.94 bits per heavy atom. The van der Waals surface area contributed by atoms with Gasteiger partial charge in [-0.2, -0.15) is 5.26 Å². The van der Waals surface area contributed by atoms with Crippen LogP contribution in [0.15, 0.2) is 18.2 Å². The van der Waals surface area contributed by atoms with Gasteiger partial charge >= 0.3 is 0 Å². The highest BCUT2D eigenvalue weighted by molar-refractivity contribution is 7.71. The normalized spacial score (nSPS) is 12.6. The number of benzene rings is 1. The highest BCUT2D eigenvalue weighted by Crippen LogP contribution is 2.21. The Bertz CT molecular complexity index is 615. The lowest BCUT2D eigenvalue weighted by Gasteiger charge is -2.11. The van der Waals surface area contributed by atoms with E-state index in [4.69, 9.17) is 17.5 Å². The number of aromatic amines is 1. The van der Waals surface area contributed by atoms with E-state index in [2.05, 4.69) is 29.5 Å². The molecular formula is C12H13N3S. The summed E-state index contributed by atoms with van der Waals surface area (Å²) in [5.74, 6) is 0. The lowest BCUT2D eigenvalue weighted by molar-refractivity contribution is 0.539. The van der Waals surface area contributed by atoms with Gasteiger partial charge in [0.2, 0.25) is 0 Å². The van der Waals surface area contributed by atoms with Gasteiger partial charge in [-0.15, -0.1) is 0 Å². The van der Waals surface area contributed by atoms with E-state index >= 15 is 0 Å². The summed E-state index contributed by atoms with van der Waals surface area (Å²) >= 11 is 5.30. The summed E-state index contributed by atoms with van der Waals surface area (Å²) in [5, 5.41) is 8.90. The summed E-state index contributed by atoms with van der Waals surface area (Å²) in [6.45, 7) is 4.25. The average Bonchev–Trinajstić information content (AvgIpc) is 2.63. The molecule has 2 rings (SSSR count). The van der Waals surface area contributed by atoms with E-state index in [0.717, 1.165) is 22.2 Å². The number of nitrogens with zero attached hydrogens (tertiary/aromatic N) is 2. The van der Waals surface area contributed by atoms with Crippen LogP contribution in [0, 0.1) is 16.1 Å². The van der Waals surface area contributed by atoms with Gasteiger partial charge in [0.1, 0.15) is 0 Å². The summed E-state index contributed by atoms with van der Waals surface area (Å²) in [4.78, 5) is 3.16. The van der Waals surface area contributed by atoms with Crippen LogP contribution in [0.4, 0.5) is 0 Å². The molecule has 1 atom stereocenters. The monoisotopic (exact) mass is 231 g/mol. The molecule has 0 amide bonds. The minimum atomic E-state index is 0.343. The van der Waals surface area contributed by atoms with E-state index in [-0.39, 0.29) is 0 Å². The summed E-state index contributed by atoms with van der Waals surface area (Å²) in [7, 11) is 0. The summed E-state index contributed by atoms with van der Waals surface area (Å²) in [5.41, 5.74) is 2.67. The Balaban J connectivity index is 2.77. The minimum absolute atomic E-state index is 0.343. The van der Waals surface area contributed by atoms with Crippen molar-refractivity contribution in [2.75, 3.05) is 0 Å². The van der Waals surface area contributed by atoms with Gasteiger partial charge in [-0.1, -0.05) is 6.92 Å². The van der Waals surface area contributed by atoms with E-state index in [1.54, 1.807) is 6.07 Å². The predicted molar refractivity (Wildman–Crippen MR) is 66.8 cm³/mol. The molecule has 0 aliphatic rings. The third-order valence-electron chi connectivity index (χ3n) is 2.88. The zero-order valence-corrected chi connectivity index (χ0v) is 10.1. The summed E-state index contributed by atoms with van der Waals surface area (Å²) in [6.07, 6.45) is 1.01. The zero-order valence-electron chi connectivity index (χ0n) is 9.32. The molecule has 1 aromatic carbocycles. The molecule has 0 bridgehead atoms. The fourth-order valence-electron chi connectivity index (χ4n) is 1.81. The molecule has 3 nitrogen and oxygen atoms in total. The lowest BCUT2D eigenvalue weighted by atomic mass is 10.2. The maximum atomic E-state index is 8.90. The van der Waals surface area contributed by atoms with Crippen molar-refractivity contribution in [3.05, 3.63) is 28.5 Å². The topological polar surface area (TPSA) is 44.5 Å². The van der Waals surface area contributed by atoms with Crippen LogP contribution in [-0.4, -0.2) is 9.55 Å². The molecule has 82 valence electrons. The van der Waals surface area contributed by atoms with Crippen LogP contribution in [0.3, 0.4) is 0 Å². The molecule has 0 saturated carbocycles. The Hall–Kier alpha value is -1.60. The van der Waals surface area contributed by atoms with Crippen LogP contribution in [0.5, 0.6) is 0 Å². The number of hydrogen-bond donors (Lipinski definition) is 1. The highest BCUT2D eigenvalue weighted by atomic mass is 32.1. The molecule has 0 aliphatic carbocycles. The van der Waals surface area contributed by atoms with Crippen LogP contribution in [0.2, 0.25) is 0 Å². The molecule has 4 heteroatoms. The van der Waals surface area contributed by atoms with Crippen molar-refractivity contribution in [3.63, 3.8) is 0 Å². The van der Waals surface area contributed by atoms with Gasteiger partial charge in [0.25, 0.3) is 0 Å². The van der Waals surface area contributed by atoms with Crippen molar-refractivity contribution in [2.45, 2.75) is 26.3 Å². The van der Waals surface area contributed by atoms with E-state index in [1.165, 1.54) is 0 Å². The van der Waals surface area contributed by atoms with Gasteiger partial charge in [-0.05, 0) is 43.8 Å². The largest absolute Gasteiger partial charge is 0.331 e. The number of H-pyrrole nitrogens is 1. The van der Waals surface area contributed by atoms with E-state index in [0.29, 0.717) is 11.6 Å². The molecule has 0 spiro atoms. The Kier molecular flexibility index (Phi) is 2.80. The molecule has 16 heavy (non-hydrogen) atoms. The van der Waals surface area contributed by atoms with E-state index < -0.39 is 0 Å². The van der Waals surface area contributed by atoms with Gasteiger partial charge < -0.3 is 9.55 Å². The van der Waals surface area contributed by atoms with Crippen molar-refractivity contribution in [3.8, 4) is 6.07 Å².